The van der Waals surface area contributed by atoms with Crippen LogP contribution >= 0.6 is 0 Å². The van der Waals surface area contributed by atoms with Gasteiger partial charge in [0.2, 0.25) is 5.91 Å². The van der Waals surface area contributed by atoms with Crippen molar-refractivity contribution >= 4 is 11.6 Å². The van der Waals surface area contributed by atoms with Crippen molar-refractivity contribution in [2.45, 2.75) is 52.1 Å². The highest BCUT2D eigenvalue weighted by Gasteiger charge is 2.26. The van der Waals surface area contributed by atoms with Crippen molar-refractivity contribution in [1.29, 1.82) is 0 Å². The molecule has 104 valence electrons. The Morgan fingerprint density at radius 1 is 1.26 bits per heavy atom. The van der Waals surface area contributed by atoms with Gasteiger partial charge in [0.1, 0.15) is 0 Å². The van der Waals surface area contributed by atoms with Crippen LogP contribution in [-0.2, 0) is 4.79 Å². The lowest BCUT2D eigenvalue weighted by molar-refractivity contribution is -0.118. The van der Waals surface area contributed by atoms with Crippen LogP contribution in [0.2, 0.25) is 0 Å². The van der Waals surface area contributed by atoms with Gasteiger partial charge in [-0.2, -0.15) is 0 Å². The second kappa shape index (κ2) is 6.20. The zero-order valence-electron chi connectivity index (χ0n) is 12.1. The van der Waals surface area contributed by atoms with Crippen LogP contribution in [0.4, 0.5) is 5.69 Å². The zero-order chi connectivity index (χ0) is 13.8. The summed E-state index contributed by atoms with van der Waals surface area (Å²) in [6, 6.07) is 8.24. The van der Waals surface area contributed by atoms with Crippen molar-refractivity contribution in [2.75, 3.05) is 5.32 Å². The third kappa shape index (κ3) is 3.80. The Morgan fingerprint density at radius 2 is 1.95 bits per heavy atom. The normalized spacial score (nSPS) is 24.2. The lowest BCUT2D eigenvalue weighted by atomic mass is 10.1. The molecule has 1 aromatic rings. The largest absolute Gasteiger partial charge is 0.325 e. The molecule has 1 aliphatic carbocycles. The monoisotopic (exact) mass is 260 g/mol. The average molecular weight is 260 g/mol. The Morgan fingerprint density at radius 3 is 2.53 bits per heavy atom. The topological polar surface area (TPSA) is 41.1 Å². The Bertz CT molecular complexity index is 427. The van der Waals surface area contributed by atoms with Crippen molar-refractivity contribution < 1.29 is 4.79 Å². The van der Waals surface area contributed by atoms with E-state index in [4.69, 9.17) is 0 Å². The molecule has 1 fully saturated rings. The highest BCUT2D eigenvalue weighted by molar-refractivity contribution is 5.94. The van der Waals surface area contributed by atoms with E-state index in [0.717, 1.165) is 5.69 Å². The maximum atomic E-state index is 12.1. The Hall–Kier alpha value is -1.35. The number of nitrogens with one attached hydrogen (secondary N) is 2. The van der Waals surface area contributed by atoms with Gasteiger partial charge < -0.3 is 10.6 Å². The first-order valence-electron chi connectivity index (χ1n) is 7.20. The first kappa shape index (κ1) is 14.1. The first-order valence-corrected chi connectivity index (χ1v) is 7.20. The van der Waals surface area contributed by atoms with Gasteiger partial charge in [-0.05, 0) is 44.7 Å². The maximum Gasteiger partial charge on any atom is 0.241 e. The summed E-state index contributed by atoms with van der Waals surface area (Å²) in [5.41, 5.74) is 2.06. The van der Waals surface area contributed by atoms with E-state index in [1.807, 2.05) is 38.1 Å². The van der Waals surface area contributed by atoms with Gasteiger partial charge in [0, 0.05) is 11.7 Å². The molecule has 1 aromatic carbocycles. The predicted molar refractivity (Wildman–Crippen MR) is 79.2 cm³/mol. The van der Waals surface area contributed by atoms with Crippen LogP contribution in [-0.4, -0.2) is 18.0 Å². The van der Waals surface area contributed by atoms with Crippen LogP contribution in [0, 0.1) is 12.8 Å². The standard InChI is InChI=1S/C16H24N2O/c1-11-7-9-14(10-8-11)18-16(19)13(3)17-15-6-4-5-12(15)2/h7-10,12-13,15,17H,4-6H2,1-3H3,(H,18,19). The van der Waals surface area contributed by atoms with E-state index >= 15 is 0 Å². The van der Waals surface area contributed by atoms with Gasteiger partial charge in [-0.25, -0.2) is 0 Å². The van der Waals surface area contributed by atoms with E-state index in [1.165, 1.54) is 24.8 Å². The SMILES string of the molecule is Cc1ccc(NC(=O)C(C)NC2CCCC2C)cc1. The molecule has 0 heterocycles. The van der Waals surface area contributed by atoms with Gasteiger partial charge in [-0.1, -0.05) is 31.0 Å². The molecule has 0 aliphatic heterocycles. The fraction of sp³-hybridized carbons (Fsp3) is 0.562. The highest BCUT2D eigenvalue weighted by atomic mass is 16.2. The summed E-state index contributed by atoms with van der Waals surface area (Å²) < 4.78 is 0. The number of rotatable bonds is 4. The number of benzene rings is 1. The number of anilines is 1. The summed E-state index contributed by atoms with van der Waals surface area (Å²) in [5, 5.41) is 6.40. The molecule has 3 atom stereocenters. The van der Waals surface area contributed by atoms with Crippen LogP contribution in [0.3, 0.4) is 0 Å². The number of aryl methyl sites for hydroxylation is 1. The first-order chi connectivity index (χ1) is 9.06. The molecule has 1 saturated carbocycles. The van der Waals surface area contributed by atoms with Crippen LogP contribution in [0.25, 0.3) is 0 Å². The summed E-state index contributed by atoms with van der Waals surface area (Å²) in [7, 11) is 0. The van der Waals surface area contributed by atoms with E-state index in [0.29, 0.717) is 12.0 Å². The van der Waals surface area contributed by atoms with Gasteiger partial charge in [0.05, 0.1) is 6.04 Å². The maximum absolute atomic E-state index is 12.1. The molecule has 0 spiro atoms. The van der Waals surface area contributed by atoms with Crippen LogP contribution in [0.1, 0.15) is 38.7 Å². The van der Waals surface area contributed by atoms with E-state index in [1.54, 1.807) is 0 Å². The highest BCUT2D eigenvalue weighted by Crippen LogP contribution is 2.25. The molecule has 0 aromatic heterocycles. The van der Waals surface area contributed by atoms with Gasteiger partial charge in [-0.15, -0.1) is 0 Å². The Balaban J connectivity index is 1.86. The fourth-order valence-corrected chi connectivity index (χ4v) is 2.68. The molecule has 2 N–H and O–H groups in total. The second-order valence-electron chi connectivity index (χ2n) is 5.76. The Kier molecular flexibility index (Phi) is 4.59. The van der Waals surface area contributed by atoms with Gasteiger partial charge >= 0.3 is 0 Å². The molecule has 0 saturated heterocycles. The lowest BCUT2D eigenvalue weighted by Crippen LogP contribution is -2.44. The smallest absolute Gasteiger partial charge is 0.241 e. The number of amides is 1. The summed E-state index contributed by atoms with van der Waals surface area (Å²) in [4.78, 5) is 12.1. The second-order valence-corrected chi connectivity index (χ2v) is 5.76. The summed E-state index contributed by atoms with van der Waals surface area (Å²) in [6.45, 7) is 6.24. The van der Waals surface area contributed by atoms with Crippen LogP contribution < -0.4 is 10.6 Å². The van der Waals surface area contributed by atoms with Crippen LogP contribution in [0.5, 0.6) is 0 Å². The van der Waals surface area contributed by atoms with E-state index in [9.17, 15) is 4.79 Å². The van der Waals surface area contributed by atoms with Gasteiger partial charge in [-0.3, -0.25) is 4.79 Å². The Labute approximate surface area is 115 Å². The minimum atomic E-state index is -0.146. The number of carbonyl (C=O) groups is 1. The molecule has 0 bridgehead atoms. The number of hydrogen-bond acceptors (Lipinski definition) is 2. The van der Waals surface area contributed by atoms with Gasteiger partial charge in [0.25, 0.3) is 0 Å². The molecule has 19 heavy (non-hydrogen) atoms. The molecular formula is C16H24N2O. The van der Waals surface area contributed by atoms with Crippen molar-refractivity contribution in [2.24, 2.45) is 5.92 Å². The van der Waals surface area contributed by atoms with Gasteiger partial charge in [0.15, 0.2) is 0 Å². The van der Waals surface area contributed by atoms with E-state index in [-0.39, 0.29) is 11.9 Å². The summed E-state index contributed by atoms with van der Waals surface area (Å²) in [6.07, 6.45) is 3.72. The molecule has 1 aliphatic rings. The van der Waals surface area contributed by atoms with Crippen molar-refractivity contribution in [3.63, 3.8) is 0 Å². The molecule has 3 heteroatoms. The lowest BCUT2D eigenvalue weighted by Gasteiger charge is -2.22. The van der Waals surface area contributed by atoms with Crippen molar-refractivity contribution in [3.8, 4) is 0 Å². The zero-order valence-corrected chi connectivity index (χ0v) is 12.1. The minimum absolute atomic E-state index is 0.0444. The fourth-order valence-electron chi connectivity index (χ4n) is 2.68. The van der Waals surface area contributed by atoms with E-state index in [2.05, 4.69) is 17.6 Å². The molecule has 2 rings (SSSR count). The molecule has 3 unspecified atom stereocenters. The predicted octanol–water partition coefficient (Wildman–Crippen LogP) is 3.10. The van der Waals surface area contributed by atoms with Crippen molar-refractivity contribution in [3.05, 3.63) is 29.8 Å². The summed E-state index contributed by atoms with van der Waals surface area (Å²) >= 11 is 0. The quantitative estimate of drug-likeness (QED) is 0.873. The number of hydrogen-bond donors (Lipinski definition) is 2. The van der Waals surface area contributed by atoms with Crippen molar-refractivity contribution in [1.82, 2.24) is 5.32 Å². The minimum Gasteiger partial charge on any atom is -0.325 e. The van der Waals surface area contributed by atoms with E-state index < -0.39 is 0 Å². The van der Waals surface area contributed by atoms with Crippen LogP contribution in [0.15, 0.2) is 24.3 Å². The number of carbonyl (C=O) groups excluding carboxylic acids is 1. The third-order valence-corrected chi connectivity index (χ3v) is 4.04. The molecular weight excluding hydrogens is 236 g/mol. The third-order valence-electron chi connectivity index (χ3n) is 4.04. The summed E-state index contributed by atoms with van der Waals surface area (Å²) in [5.74, 6) is 0.720. The molecule has 3 nitrogen and oxygen atoms in total. The average Bonchev–Trinajstić information content (AvgIpc) is 2.78. The molecule has 1 amide bonds. The molecule has 0 radical (unpaired) electrons.